The van der Waals surface area contributed by atoms with Crippen molar-refractivity contribution in [3.8, 4) is 0 Å². The molecule has 15 heteroatoms. The maximum absolute atomic E-state index is 11.8. The van der Waals surface area contributed by atoms with Crippen molar-refractivity contribution in [2.24, 2.45) is 106 Å². The zero-order chi connectivity index (χ0) is 89.6. The van der Waals surface area contributed by atoms with Crippen molar-refractivity contribution in [1.82, 2.24) is 18.6 Å². The molecule has 0 bridgehead atoms. The smallest absolute Gasteiger partial charge is 0.415 e. The van der Waals surface area contributed by atoms with Gasteiger partial charge in [0.05, 0.1) is 18.9 Å². The summed E-state index contributed by atoms with van der Waals surface area (Å²) in [5.74, 6) is 12.3. The number of aliphatic carboxylic acids is 2. The molecular weight excluding hydrogens is 1460 g/mol. The van der Waals surface area contributed by atoms with E-state index >= 15 is 0 Å². The lowest BCUT2D eigenvalue weighted by molar-refractivity contribution is -0.138. The molecule has 3 fully saturated rings. The molecule has 14 nitrogen and oxygen atoms in total. The lowest BCUT2D eigenvalue weighted by atomic mass is 9.70. The number of hydrogen-bond donors (Lipinski definition) is 5. The molecule has 3 aromatic heterocycles. The van der Waals surface area contributed by atoms with Gasteiger partial charge < -0.3 is 40.1 Å². The molecule has 4 heterocycles. The van der Waals surface area contributed by atoms with Crippen LogP contribution in [0.4, 0.5) is 4.79 Å². The van der Waals surface area contributed by atoms with Gasteiger partial charge in [-0.2, -0.15) is 0 Å². The molecular formula is C101H178N6O8S. The molecule has 0 radical (unpaired) electrons. The zero-order valence-corrected chi connectivity index (χ0v) is 82.7. The summed E-state index contributed by atoms with van der Waals surface area (Å²) in [4.78, 5) is 37.4. The largest absolute Gasteiger partial charge is 0.480 e. The van der Waals surface area contributed by atoms with Crippen LogP contribution < -0.4 is 5.73 Å². The van der Waals surface area contributed by atoms with Gasteiger partial charge in [0.15, 0.2) is 0 Å². The van der Waals surface area contributed by atoms with Crippen LogP contribution in [0.25, 0.3) is 0 Å². The molecule has 6 N–H and O–H groups in total. The van der Waals surface area contributed by atoms with Crippen LogP contribution in [0.1, 0.15) is 427 Å². The van der Waals surface area contributed by atoms with E-state index in [-0.39, 0.29) is 23.1 Å². The van der Waals surface area contributed by atoms with Gasteiger partial charge in [-0.25, -0.2) is 4.79 Å². The standard InChI is InChI=1S/C27H45NO2S.C22H40N2O.C18H31NO2.C17H29NO2.C17H33NO/c1-15(2)22-23(16(3)4)25(18(7)8)27(24(22)17(5)6,31-14-21(28)26(29)30)20-12-10-19(9)11-13-20;1-15(2)19-20(16(3)4)22(18(7)8)24(21(19)17(5)6)10-9-23-11-13-25-14-12-23;1-10(2)15-16(11(3)4)18(13(7)8)19(9-14(20)21)17(15)12(5)6;1-9(2)13-14(10(3)4)16(12(7)8)18(17(19)20)15(13)11(5)6;1-9(2)13-14(10(3)4)16(12(7)8)17(18-19)15(13)11(5)6/h10-13,15-18,21-25H,14,28H2,1-9H3,(H,29,30);15-18H,9-14H2,1-8H3;10-13H,9H2,1-8H3,(H,20,21);9-12H,1-8H3,(H,19,20);9-16,19H,1-8H3. The topological polar surface area (TPSA) is 198 Å². The summed E-state index contributed by atoms with van der Waals surface area (Å²) in [7, 11) is 0. The lowest BCUT2D eigenvalue weighted by Crippen LogP contribution is -2.43. The average molecular weight is 1640 g/mol. The van der Waals surface area contributed by atoms with Crippen LogP contribution in [-0.4, -0.2) is 108 Å². The first kappa shape index (κ1) is 105. The molecule has 116 heavy (non-hydrogen) atoms. The van der Waals surface area contributed by atoms with E-state index in [2.05, 4.69) is 327 Å². The van der Waals surface area contributed by atoms with Crippen LogP contribution in [0.3, 0.4) is 0 Å². The Morgan fingerprint density at radius 1 is 0.422 bits per heavy atom. The Morgan fingerprint density at radius 2 is 0.724 bits per heavy atom. The third-order valence-corrected chi connectivity index (χ3v) is 27.5. The monoisotopic (exact) mass is 1640 g/mol. The van der Waals surface area contributed by atoms with Gasteiger partial charge in [0.1, 0.15) is 12.6 Å². The number of carbonyl (C=O) groups is 3. The number of benzene rings is 1. The number of aryl methyl sites for hydroxylation is 1. The number of oxime groups is 1. The van der Waals surface area contributed by atoms with Crippen LogP contribution in [0.2, 0.25) is 0 Å². The first-order valence-corrected chi connectivity index (χ1v) is 47.0. The number of rotatable bonds is 30. The van der Waals surface area contributed by atoms with Gasteiger partial charge >= 0.3 is 18.0 Å². The molecule has 9 atom stereocenters. The number of aromatic nitrogens is 3. The van der Waals surface area contributed by atoms with Gasteiger partial charge in [0.2, 0.25) is 0 Å². The van der Waals surface area contributed by atoms with Crippen LogP contribution in [0.5, 0.6) is 0 Å². The van der Waals surface area contributed by atoms with Crippen molar-refractivity contribution in [2.45, 2.75) is 379 Å². The van der Waals surface area contributed by atoms with Crippen LogP contribution >= 0.6 is 11.8 Å². The molecule has 3 aliphatic rings. The highest BCUT2D eigenvalue weighted by Crippen LogP contribution is 2.68. The fourth-order valence-electron chi connectivity index (χ4n) is 22.3. The van der Waals surface area contributed by atoms with Gasteiger partial charge in [-0.05, 0) is 200 Å². The molecule has 2 aliphatic carbocycles. The highest BCUT2D eigenvalue weighted by molar-refractivity contribution is 8.00. The maximum atomic E-state index is 11.8. The van der Waals surface area contributed by atoms with E-state index in [1.54, 1.807) is 27.1 Å². The summed E-state index contributed by atoms with van der Waals surface area (Å²) in [6, 6.07) is 8.20. The highest BCUT2D eigenvalue weighted by atomic mass is 32.2. The molecule has 1 saturated heterocycles. The Bertz CT molecular complexity index is 3520. The summed E-state index contributed by atoms with van der Waals surface area (Å²) in [6.45, 7) is 99.0. The number of carboxylic acid groups (broad SMARTS) is 3. The third-order valence-electron chi connectivity index (χ3n) is 25.8. The summed E-state index contributed by atoms with van der Waals surface area (Å²) in [5, 5.41) is 42.0. The van der Waals surface area contributed by atoms with Crippen molar-refractivity contribution in [3.05, 3.63) is 103 Å². The first-order valence-electron chi connectivity index (χ1n) is 46.0. The van der Waals surface area contributed by atoms with Crippen LogP contribution in [-0.2, 0) is 32.2 Å². The van der Waals surface area contributed by atoms with E-state index in [9.17, 15) is 34.9 Å². The fraction of sp³-hybridized carbons (Fsp3) is 0.782. The molecule has 0 spiro atoms. The zero-order valence-electron chi connectivity index (χ0n) is 81.9. The summed E-state index contributed by atoms with van der Waals surface area (Å²) in [5.41, 5.74) is 25.7. The number of ether oxygens (including phenoxy) is 1. The minimum absolute atomic E-state index is 0.0630. The van der Waals surface area contributed by atoms with E-state index in [4.69, 9.17) is 10.5 Å². The molecule has 7 rings (SSSR count). The van der Waals surface area contributed by atoms with E-state index in [0.717, 1.165) is 56.5 Å². The molecule has 4 aromatic rings. The maximum Gasteiger partial charge on any atom is 0.415 e. The first-order chi connectivity index (χ1) is 53.5. The van der Waals surface area contributed by atoms with Gasteiger partial charge in [-0.3, -0.25) is 19.1 Å². The van der Waals surface area contributed by atoms with E-state index < -0.39 is 24.1 Å². The van der Waals surface area contributed by atoms with Crippen molar-refractivity contribution in [3.63, 3.8) is 0 Å². The van der Waals surface area contributed by atoms with Crippen molar-refractivity contribution >= 4 is 35.5 Å². The second-order valence-electron chi connectivity index (χ2n) is 41.7. The van der Waals surface area contributed by atoms with Crippen LogP contribution in [0.15, 0.2) is 29.4 Å². The van der Waals surface area contributed by atoms with Crippen molar-refractivity contribution < 1.29 is 39.6 Å². The summed E-state index contributed by atoms with van der Waals surface area (Å²) >= 11 is 1.84. The number of nitrogens with zero attached hydrogens (tertiary/aromatic N) is 5. The quantitative estimate of drug-likeness (QED) is 0.0246. The summed E-state index contributed by atoms with van der Waals surface area (Å²) < 4.78 is 11.7. The number of carboxylic acids is 2. The minimum atomic E-state index is -0.910. The second-order valence-corrected chi connectivity index (χ2v) is 43.0. The molecule has 1 aromatic carbocycles. The minimum Gasteiger partial charge on any atom is -0.480 e. The van der Waals surface area contributed by atoms with Crippen molar-refractivity contribution in [1.29, 1.82) is 0 Å². The van der Waals surface area contributed by atoms with Gasteiger partial charge in [-0.1, -0.05) is 312 Å². The predicted octanol–water partition coefficient (Wildman–Crippen LogP) is 27.2. The Balaban J connectivity index is 0.000000380. The van der Waals surface area contributed by atoms with Crippen molar-refractivity contribution in [2.75, 3.05) is 38.6 Å². The lowest BCUT2D eigenvalue weighted by Gasteiger charge is -2.46. The normalized spacial score (nSPS) is 21.2. The fourth-order valence-corrected chi connectivity index (χ4v) is 24.4. The molecule has 666 valence electrons. The third kappa shape index (κ3) is 24.5. The molecule has 2 saturated carbocycles. The Kier molecular flexibility index (Phi) is 41.7. The van der Waals surface area contributed by atoms with Gasteiger partial charge in [0.25, 0.3) is 0 Å². The Hall–Kier alpha value is -4.83. The van der Waals surface area contributed by atoms with E-state index in [0.29, 0.717) is 160 Å². The number of nitrogens with two attached hydrogens (primary N) is 1. The van der Waals surface area contributed by atoms with Gasteiger partial charge in [-0.15, -0.1) is 11.8 Å². The Labute approximate surface area is 715 Å². The summed E-state index contributed by atoms with van der Waals surface area (Å²) in [6.07, 6.45) is -0.855. The van der Waals surface area contributed by atoms with Gasteiger partial charge in [0, 0.05) is 82.7 Å². The second kappa shape index (κ2) is 45.9. The number of morpholine rings is 1. The Morgan fingerprint density at radius 3 is 0.966 bits per heavy atom. The van der Waals surface area contributed by atoms with E-state index in [1.165, 1.54) is 44.8 Å². The molecule has 0 amide bonds. The molecule has 9 unspecified atom stereocenters. The predicted molar refractivity (Wildman–Crippen MR) is 497 cm³/mol. The number of thioether (sulfide) groups is 1. The SMILES string of the molecule is CC(C)C1C(=NO)C(C(C)C)C(C(C)C)C1C(C)C.CC(C)c1c(C(C)C)c(C(C)C)n(C(=O)O)c1C(C)C.CC(C)c1c(C(C)C)c(C(C)C)n(CC(=O)O)c1C(C)C.CC(C)c1c(C(C)C)c(C(C)C)n(CCN2CCOCC2)c1C(C)C.Cc1ccc(C2(SCC(N)C(=O)O)C(C(C)C)C(C(C)C)C(C(C)C)C2C(C)C)cc1. The van der Waals surface area contributed by atoms with E-state index in [1.807, 2.05) is 11.8 Å². The van der Waals surface area contributed by atoms with Crippen LogP contribution in [0, 0.1) is 102 Å². The highest BCUT2D eigenvalue weighted by Gasteiger charge is 2.63. The number of hydrogen-bond acceptors (Lipinski definition) is 9. The molecule has 1 aliphatic heterocycles. The average Bonchev–Trinajstić information content (AvgIpc) is 1.54.